The molecule has 15 heavy (non-hydrogen) atoms. The first-order valence-electron chi connectivity index (χ1n) is 5.16. The van der Waals surface area contributed by atoms with E-state index in [2.05, 4.69) is 11.8 Å². The van der Waals surface area contributed by atoms with Gasteiger partial charge in [0.2, 0.25) is 0 Å². The lowest BCUT2D eigenvalue weighted by Crippen LogP contribution is -2.30. The second-order valence-corrected chi connectivity index (χ2v) is 4.15. The lowest BCUT2D eigenvalue weighted by molar-refractivity contribution is 0.197. The van der Waals surface area contributed by atoms with Crippen LogP contribution in [0, 0.1) is 6.92 Å². The molecule has 0 fully saturated rings. The van der Waals surface area contributed by atoms with Gasteiger partial charge in [0.25, 0.3) is 0 Å². The van der Waals surface area contributed by atoms with Crippen LogP contribution in [0.2, 0.25) is 0 Å². The van der Waals surface area contributed by atoms with Gasteiger partial charge in [-0.3, -0.25) is 0 Å². The summed E-state index contributed by atoms with van der Waals surface area (Å²) in [6, 6.07) is 6.13. The first kappa shape index (κ1) is 11.9. The Bertz CT molecular complexity index is 323. The van der Waals surface area contributed by atoms with Crippen LogP contribution >= 0.6 is 0 Å². The Morgan fingerprint density at radius 3 is 2.67 bits per heavy atom. The van der Waals surface area contributed by atoms with Crippen molar-refractivity contribution in [1.82, 2.24) is 4.90 Å². The lowest BCUT2D eigenvalue weighted by atomic mass is 10.2. The number of nitrogens with two attached hydrogens (primary N) is 1. The number of benzene rings is 1. The van der Waals surface area contributed by atoms with Crippen LogP contribution < -0.4 is 10.5 Å². The van der Waals surface area contributed by atoms with E-state index in [9.17, 15) is 0 Å². The molecule has 0 aliphatic heterocycles. The molecule has 1 atom stereocenters. The molecular formula is C12H20N2O. The summed E-state index contributed by atoms with van der Waals surface area (Å²) in [5.74, 6) is 0.878. The maximum Gasteiger partial charge on any atom is 0.124 e. The summed E-state index contributed by atoms with van der Waals surface area (Å²) in [4.78, 5) is 2.13. The van der Waals surface area contributed by atoms with Gasteiger partial charge in [0.05, 0.1) is 0 Å². The van der Waals surface area contributed by atoms with Crippen molar-refractivity contribution < 1.29 is 4.74 Å². The fraction of sp³-hybridized carbons (Fsp3) is 0.500. The van der Waals surface area contributed by atoms with Crippen LogP contribution in [0.3, 0.4) is 0 Å². The van der Waals surface area contributed by atoms with E-state index in [0.29, 0.717) is 12.6 Å². The topological polar surface area (TPSA) is 38.5 Å². The molecule has 0 radical (unpaired) electrons. The summed E-state index contributed by atoms with van der Waals surface area (Å²) in [6.45, 7) is 4.83. The summed E-state index contributed by atoms with van der Waals surface area (Å²) in [6.07, 6.45) is 0. The molecule has 0 saturated heterocycles. The second-order valence-electron chi connectivity index (χ2n) is 4.15. The van der Waals surface area contributed by atoms with Gasteiger partial charge in [-0.2, -0.15) is 0 Å². The molecule has 0 heterocycles. The van der Waals surface area contributed by atoms with Crippen LogP contribution in [-0.2, 0) is 0 Å². The normalized spacial score (nSPS) is 12.9. The zero-order valence-electron chi connectivity index (χ0n) is 9.95. The zero-order chi connectivity index (χ0) is 11.4. The van der Waals surface area contributed by atoms with E-state index < -0.39 is 0 Å². The molecule has 1 aromatic rings. The molecule has 0 spiro atoms. The van der Waals surface area contributed by atoms with Crippen molar-refractivity contribution in [3.05, 3.63) is 23.8 Å². The number of nitrogens with zero attached hydrogens (tertiary/aromatic N) is 1. The van der Waals surface area contributed by atoms with E-state index in [1.54, 1.807) is 0 Å². The van der Waals surface area contributed by atoms with Crippen molar-refractivity contribution in [2.75, 3.05) is 26.4 Å². The summed E-state index contributed by atoms with van der Waals surface area (Å²) in [7, 11) is 4.08. The van der Waals surface area contributed by atoms with Gasteiger partial charge in [-0.25, -0.2) is 0 Å². The third-order valence-corrected chi connectivity index (χ3v) is 2.57. The predicted octanol–water partition coefficient (Wildman–Crippen LogP) is 1.91. The molecule has 0 bridgehead atoms. The Balaban J connectivity index is 2.61. The van der Waals surface area contributed by atoms with E-state index >= 15 is 0 Å². The van der Waals surface area contributed by atoms with Gasteiger partial charge in [0.1, 0.15) is 12.4 Å². The zero-order valence-corrected chi connectivity index (χ0v) is 9.95. The molecule has 3 nitrogen and oxygen atoms in total. The fourth-order valence-corrected chi connectivity index (χ4v) is 1.13. The first-order chi connectivity index (χ1) is 7.00. The van der Waals surface area contributed by atoms with Crippen LogP contribution in [0.25, 0.3) is 0 Å². The SMILES string of the molecule is Cc1ccc(N)cc1OCC(C)N(C)C. The highest BCUT2D eigenvalue weighted by molar-refractivity contribution is 5.47. The Labute approximate surface area is 91.8 Å². The van der Waals surface area contributed by atoms with Gasteiger partial charge in [-0.1, -0.05) is 6.07 Å². The Morgan fingerprint density at radius 2 is 2.07 bits per heavy atom. The maximum atomic E-state index is 5.72. The number of anilines is 1. The number of hydrogen-bond acceptors (Lipinski definition) is 3. The average Bonchev–Trinajstić information content (AvgIpc) is 2.18. The van der Waals surface area contributed by atoms with Crippen LogP contribution in [0.15, 0.2) is 18.2 Å². The quantitative estimate of drug-likeness (QED) is 0.768. The van der Waals surface area contributed by atoms with E-state index in [4.69, 9.17) is 10.5 Å². The smallest absolute Gasteiger partial charge is 0.124 e. The summed E-state index contributed by atoms with van der Waals surface area (Å²) >= 11 is 0. The van der Waals surface area contributed by atoms with E-state index in [0.717, 1.165) is 17.0 Å². The minimum atomic E-state index is 0.394. The van der Waals surface area contributed by atoms with Crippen molar-refractivity contribution in [1.29, 1.82) is 0 Å². The van der Waals surface area contributed by atoms with Crippen molar-refractivity contribution in [3.63, 3.8) is 0 Å². The van der Waals surface area contributed by atoms with Crippen molar-refractivity contribution in [2.45, 2.75) is 19.9 Å². The van der Waals surface area contributed by atoms with Crippen LogP contribution in [0.1, 0.15) is 12.5 Å². The molecule has 1 rings (SSSR count). The third kappa shape index (κ3) is 3.44. The molecule has 0 aliphatic carbocycles. The highest BCUT2D eigenvalue weighted by atomic mass is 16.5. The number of aryl methyl sites for hydroxylation is 1. The summed E-state index contributed by atoms with van der Waals surface area (Å²) < 4.78 is 5.72. The van der Waals surface area contributed by atoms with Gasteiger partial charge in [0.15, 0.2) is 0 Å². The second kappa shape index (κ2) is 5.03. The van der Waals surface area contributed by atoms with Crippen LogP contribution in [0.5, 0.6) is 5.75 Å². The van der Waals surface area contributed by atoms with Gasteiger partial charge < -0.3 is 15.4 Å². The highest BCUT2D eigenvalue weighted by Crippen LogP contribution is 2.20. The molecule has 1 unspecified atom stereocenters. The van der Waals surface area contributed by atoms with Gasteiger partial charge in [0, 0.05) is 17.8 Å². The predicted molar refractivity (Wildman–Crippen MR) is 64.2 cm³/mol. The van der Waals surface area contributed by atoms with E-state index in [-0.39, 0.29) is 0 Å². The third-order valence-electron chi connectivity index (χ3n) is 2.57. The first-order valence-corrected chi connectivity index (χ1v) is 5.16. The number of hydrogen-bond donors (Lipinski definition) is 1. The number of nitrogen functional groups attached to an aromatic ring is 1. The average molecular weight is 208 g/mol. The number of rotatable bonds is 4. The van der Waals surface area contributed by atoms with Crippen molar-refractivity contribution in [3.8, 4) is 5.75 Å². The number of ether oxygens (including phenoxy) is 1. The molecule has 0 saturated carbocycles. The Morgan fingerprint density at radius 1 is 1.40 bits per heavy atom. The Hall–Kier alpha value is -1.22. The molecule has 2 N–H and O–H groups in total. The molecule has 0 amide bonds. The summed E-state index contributed by atoms with van der Waals surface area (Å²) in [5, 5.41) is 0. The molecule has 84 valence electrons. The minimum Gasteiger partial charge on any atom is -0.492 e. The molecule has 0 aliphatic rings. The van der Waals surface area contributed by atoms with Crippen LogP contribution in [0.4, 0.5) is 5.69 Å². The Kier molecular flexibility index (Phi) is 3.97. The summed E-state index contributed by atoms with van der Waals surface area (Å²) in [5.41, 5.74) is 7.57. The van der Waals surface area contributed by atoms with Gasteiger partial charge in [-0.15, -0.1) is 0 Å². The van der Waals surface area contributed by atoms with Crippen molar-refractivity contribution >= 4 is 5.69 Å². The molecule has 0 aromatic heterocycles. The fourth-order valence-electron chi connectivity index (χ4n) is 1.13. The molecule has 3 heteroatoms. The van der Waals surface area contributed by atoms with Crippen LogP contribution in [-0.4, -0.2) is 31.6 Å². The molecule has 1 aromatic carbocycles. The lowest BCUT2D eigenvalue weighted by Gasteiger charge is -2.20. The monoisotopic (exact) mass is 208 g/mol. The number of likely N-dealkylation sites (N-methyl/N-ethyl adjacent to an activating group) is 1. The van der Waals surface area contributed by atoms with E-state index in [1.807, 2.05) is 39.2 Å². The van der Waals surface area contributed by atoms with Crippen molar-refractivity contribution in [2.24, 2.45) is 0 Å². The largest absolute Gasteiger partial charge is 0.492 e. The van der Waals surface area contributed by atoms with Gasteiger partial charge >= 0.3 is 0 Å². The van der Waals surface area contributed by atoms with Gasteiger partial charge in [-0.05, 0) is 39.6 Å². The molecular weight excluding hydrogens is 188 g/mol. The van der Waals surface area contributed by atoms with E-state index in [1.165, 1.54) is 0 Å². The standard InChI is InChI=1S/C12H20N2O/c1-9-5-6-11(13)7-12(9)15-8-10(2)14(3)4/h5-7,10H,8,13H2,1-4H3. The maximum absolute atomic E-state index is 5.72. The highest BCUT2D eigenvalue weighted by Gasteiger charge is 2.06. The minimum absolute atomic E-state index is 0.394.